The molecule has 11 rings (SSSR count). The van der Waals surface area contributed by atoms with E-state index in [1.807, 2.05) is 0 Å². The fraction of sp³-hybridized carbons (Fsp3) is 0.0638. The smallest absolute Gasteiger partial charge is 0.0544 e. The normalized spacial score (nSPS) is 13.7. The summed E-state index contributed by atoms with van der Waals surface area (Å²) in [5.74, 6) is 0. The minimum absolute atomic E-state index is 0.236. The zero-order valence-electron chi connectivity index (χ0n) is 27.4. The predicted octanol–water partition coefficient (Wildman–Crippen LogP) is 12.5. The Kier molecular flexibility index (Phi) is 5.21. The molecule has 230 valence electrons. The van der Waals surface area contributed by atoms with Crippen molar-refractivity contribution in [2.45, 2.75) is 19.3 Å². The SMILES string of the molecule is CC1(C)c2cc(-n3c4ccccc4c4ccccc43)c3ccccc3c2-c2c1cc(-n1c3ccccc3c3ccccc31)c1ccccc21. The minimum atomic E-state index is -0.236. The van der Waals surface area contributed by atoms with Crippen LogP contribution in [0.4, 0.5) is 0 Å². The Balaban J connectivity index is 1.28. The Morgan fingerprint density at radius 2 is 0.592 bits per heavy atom. The molecule has 0 radical (unpaired) electrons. The number of rotatable bonds is 2. The molecule has 49 heavy (non-hydrogen) atoms. The molecule has 1 aliphatic rings. The minimum Gasteiger partial charge on any atom is -0.309 e. The van der Waals surface area contributed by atoms with Crippen LogP contribution >= 0.6 is 0 Å². The second kappa shape index (κ2) is 9.49. The largest absolute Gasteiger partial charge is 0.309 e. The average Bonchev–Trinajstić information content (AvgIpc) is 3.74. The molecule has 0 fully saturated rings. The summed E-state index contributed by atoms with van der Waals surface area (Å²) in [6, 6.07) is 58.5. The monoisotopic (exact) mass is 624 g/mol. The predicted molar refractivity (Wildman–Crippen MR) is 208 cm³/mol. The fourth-order valence-electron chi connectivity index (χ4n) is 9.12. The Hall–Kier alpha value is -6.12. The van der Waals surface area contributed by atoms with Gasteiger partial charge in [0.25, 0.3) is 0 Å². The second-order valence-corrected chi connectivity index (χ2v) is 14.1. The van der Waals surface area contributed by atoms with E-state index in [1.54, 1.807) is 0 Å². The van der Waals surface area contributed by atoms with Crippen molar-refractivity contribution < 1.29 is 0 Å². The zero-order chi connectivity index (χ0) is 32.4. The van der Waals surface area contributed by atoms with Gasteiger partial charge in [0.05, 0.1) is 33.4 Å². The number of fused-ring (bicyclic) bond motifs is 13. The molecule has 8 aromatic carbocycles. The Morgan fingerprint density at radius 1 is 0.327 bits per heavy atom. The number of aromatic nitrogens is 2. The van der Waals surface area contributed by atoms with E-state index < -0.39 is 0 Å². The van der Waals surface area contributed by atoms with E-state index in [0.29, 0.717) is 0 Å². The maximum Gasteiger partial charge on any atom is 0.0544 e. The van der Waals surface area contributed by atoms with E-state index >= 15 is 0 Å². The molecule has 0 unspecified atom stereocenters. The lowest BCUT2D eigenvalue weighted by atomic mass is 9.81. The number of para-hydroxylation sites is 4. The van der Waals surface area contributed by atoms with E-state index in [4.69, 9.17) is 0 Å². The van der Waals surface area contributed by atoms with Crippen LogP contribution in [0.25, 0.3) is 87.7 Å². The van der Waals surface area contributed by atoms with Gasteiger partial charge in [-0.05, 0) is 69.4 Å². The molecule has 0 amide bonds. The average molecular weight is 625 g/mol. The van der Waals surface area contributed by atoms with Crippen molar-refractivity contribution in [1.29, 1.82) is 0 Å². The number of hydrogen-bond donors (Lipinski definition) is 0. The Labute approximate surface area is 284 Å². The highest BCUT2D eigenvalue weighted by atomic mass is 15.0. The van der Waals surface area contributed by atoms with Gasteiger partial charge in [0.15, 0.2) is 0 Å². The highest BCUT2D eigenvalue weighted by molar-refractivity contribution is 6.17. The van der Waals surface area contributed by atoms with Crippen molar-refractivity contribution in [3.8, 4) is 22.5 Å². The molecule has 2 aromatic heterocycles. The van der Waals surface area contributed by atoms with Gasteiger partial charge in [0, 0.05) is 37.7 Å². The molecule has 10 aromatic rings. The van der Waals surface area contributed by atoms with Crippen LogP contribution in [-0.4, -0.2) is 9.13 Å². The van der Waals surface area contributed by atoms with Crippen LogP contribution in [0.15, 0.2) is 158 Å². The lowest BCUT2D eigenvalue weighted by Crippen LogP contribution is -2.16. The van der Waals surface area contributed by atoms with Crippen molar-refractivity contribution in [2.24, 2.45) is 0 Å². The first kappa shape index (κ1) is 26.9. The summed E-state index contributed by atoms with van der Waals surface area (Å²) < 4.78 is 4.99. The maximum atomic E-state index is 2.51. The lowest BCUT2D eigenvalue weighted by molar-refractivity contribution is 0.660. The molecule has 2 nitrogen and oxygen atoms in total. The molecule has 0 bridgehead atoms. The van der Waals surface area contributed by atoms with Crippen molar-refractivity contribution in [3.63, 3.8) is 0 Å². The quantitative estimate of drug-likeness (QED) is 0.181. The molecule has 0 saturated heterocycles. The van der Waals surface area contributed by atoms with Gasteiger partial charge in [-0.1, -0.05) is 135 Å². The van der Waals surface area contributed by atoms with Crippen LogP contribution in [0, 0.1) is 0 Å². The lowest BCUT2D eigenvalue weighted by Gasteiger charge is -2.24. The second-order valence-electron chi connectivity index (χ2n) is 14.1. The highest BCUT2D eigenvalue weighted by Crippen LogP contribution is 2.56. The summed E-state index contributed by atoms with van der Waals surface area (Å²) in [4.78, 5) is 0. The molecular formula is C47H32N2. The third-order valence-corrected chi connectivity index (χ3v) is 11.3. The van der Waals surface area contributed by atoms with E-state index in [9.17, 15) is 0 Å². The summed E-state index contributed by atoms with van der Waals surface area (Å²) in [6.07, 6.45) is 0. The topological polar surface area (TPSA) is 9.86 Å². The molecule has 2 heterocycles. The van der Waals surface area contributed by atoms with E-state index in [2.05, 4.69) is 181 Å². The van der Waals surface area contributed by atoms with E-state index in [1.165, 1.54) is 98.8 Å². The third-order valence-electron chi connectivity index (χ3n) is 11.3. The molecule has 1 aliphatic carbocycles. The van der Waals surface area contributed by atoms with Gasteiger partial charge in [0.1, 0.15) is 0 Å². The fourth-order valence-corrected chi connectivity index (χ4v) is 9.12. The highest BCUT2D eigenvalue weighted by Gasteiger charge is 2.39. The van der Waals surface area contributed by atoms with Crippen molar-refractivity contribution in [1.82, 2.24) is 9.13 Å². The maximum absolute atomic E-state index is 2.51. The van der Waals surface area contributed by atoms with Crippen LogP contribution < -0.4 is 0 Å². The van der Waals surface area contributed by atoms with Gasteiger partial charge in [-0.15, -0.1) is 0 Å². The van der Waals surface area contributed by atoms with E-state index in [0.717, 1.165) is 0 Å². The number of hydrogen-bond acceptors (Lipinski definition) is 0. The summed E-state index contributed by atoms with van der Waals surface area (Å²) in [6.45, 7) is 4.85. The van der Waals surface area contributed by atoms with Crippen molar-refractivity contribution in [3.05, 3.63) is 169 Å². The van der Waals surface area contributed by atoms with Gasteiger partial charge in [-0.2, -0.15) is 0 Å². The summed E-state index contributed by atoms with van der Waals surface area (Å²) in [5.41, 5.74) is 12.7. The van der Waals surface area contributed by atoms with Gasteiger partial charge in [-0.25, -0.2) is 0 Å². The van der Waals surface area contributed by atoms with Crippen LogP contribution in [0.2, 0.25) is 0 Å². The van der Waals surface area contributed by atoms with Gasteiger partial charge < -0.3 is 9.13 Å². The summed E-state index contributed by atoms with van der Waals surface area (Å²) in [7, 11) is 0. The van der Waals surface area contributed by atoms with Crippen LogP contribution in [0.5, 0.6) is 0 Å². The first-order valence-electron chi connectivity index (χ1n) is 17.2. The number of benzene rings is 8. The number of nitrogens with zero attached hydrogens (tertiary/aromatic N) is 2. The Bertz CT molecular complexity index is 2710. The first-order valence-corrected chi connectivity index (χ1v) is 17.2. The molecule has 0 atom stereocenters. The van der Waals surface area contributed by atoms with Crippen LogP contribution in [-0.2, 0) is 5.41 Å². The van der Waals surface area contributed by atoms with Crippen LogP contribution in [0.3, 0.4) is 0 Å². The zero-order valence-corrected chi connectivity index (χ0v) is 27.4. The summed E-state index contributed by atoms with van der Waals surface area (Å²) >= 11 is 0. The van der Waals surface area contributed by atoms with Crippen molar-refractivity contribution in [2.75, 3.05) is 0 Å². The molecule has 2 heteroatoms. The van der Waals surface area contributed by atoms with Gasteiger partial charge >= 0.3 is 0 Å². The Morgan fingerprint density at radius 3 is 0.918 bits per heavy atom. The molecule has 0 aliphatic heterocycles. The summed E-state index contributed by atoms with van der Waals surface area (Å²) in [5, 5.41) is 10.3. The standard InChI is InChI=1S/C47H32N2/c1-47(2)37-27-43(48-39-23-11-7-15-29(39)30-16-8-12-24-40(30)48)33-19-3-5-21-35(33)45(37)46-36-22-6-4-20-34(36)44(28-38(46)47)49-41-25-13-9-17-31(41)32-18-10-14-26-42(32)49/h3-28H,1-2H3. The molecule has 0 N–H and O–H groups in total. The van der Waals surface area contributed by atoms with Crippen LogP contribution in [0.1, 0.15) is 25.0 Å². The van der Waals surface area contributed by atoms with E-state index in [-0.39, 0.29) is 5.41 Å². The molecule has 0 saturated carbocycles. The van der Waals surface area contributed by atoms with Gasteiger partial charge in [0.2, 0.25) is 0 Å². The first-order chi connectivity index (χ1) is 24.1. The van der Waals surface area contributed by atoms with Crippen molar-refractivity contribution >= 4 is 65.2 Å². The molecule has 0 spiro atoms. The molecular weight excluding hydrogens is 593 g/mol. The van der Waals surface area contributed by atoms with Gasteiger partial charge in [-0.3, -0.25) is 0 Å². The third kappa shape index (κ3) is 3.40.